The topological polar surface area (TPSA) is 43.9 Å². The zero-order valence-corrected chi connectivity index (χ0v) is 15.4. The number of hydrogen-bond acceptors (Lipinski definition) is 3. The fourth-order valence-corrected chi connectivity index (χ4v) is 3.70. The van der Waals surface area contributed by atoms with Crippen LogP contribution in [0, 0.1) is 5.92 Å². The van der Waals surface area contributed by atoms with Crippen LogP contribution < -0.4 is 0 Å². The molecule has 2 fully saturated rings. The van der Waals surface area contributed by atoms with Crippen molar-refractivity contribution in [2.45, 2.75) is 32.7 Å². The summed E-state index contributed by atoms with van der Waals surface area (Å²) in [5.74, 6) is 0.999. The van der Waals surface area contributed by atoms with Gasteiger partial charge in [-0.3, -0.25) is 14.5 Å². The van der Waals surface area contributed by atoms with Gasteiger partial charge in [-0.05, 0) is 30.9 Å². The van der Waals surface area contributed by atoms with Crippen LogP contribution in [0.1, 0.15) is 37.0 Å². The lowest BCUT2D eigenvalue weighted by Gasteiger charge is -2.37. The summed E-state index contributed by atoms with van der Waals surface area (Å²) in [5, 5.41) is 0. The first kappa shape index (κ1) is 17.9. The molecule has 0 aromatic heterocycles. The van der Waals surface area contributed by atoms with Gasteiger partial charge >= 0.3 is 0 Å². The number of carbonyl (C=O) groups is 2. The van der Waals surface area contributed by atoms with Gasteiger partial charge in [0, 0.05) is 44.8 Å². The van der Waals surface area contributed by atoms with Gasteiger partial charge < -0.3 is 9.80 Å². The molecular weight excluding hydrogens is 314 g/mol. The Balaban J connectivity index is 1.51. The second-order valence-electron chi connectivity index (χ2n) is 7.51. The molecule has 136 valence electrons. The van der Waals surface area contributed by atoms with Crippen molar-refractivity contribution in [1.82, 2.24) is 14.7 Å². The van der Waals surface area contributed by atoms with Crippen molar-refractivity contribution in [3.8, 4) is 0 Å². The predicted octanol–water partition coefficient (Wildman–Crippen LogP) is 2.09. The van der Waals surface area contributed by atoms with E-state index in [1.54, 1.807) is 0 Å². The molecule has 5 nitrogen and oxygen atoms in total. The Bertz CT molecular complexity index is 594. The standard InChI is InChI=1S/C20H29N3O2/c1-16(2)8-10-22-11-9-18(20(22)25)21-12-14-23(15-13-21)19(24)17-6-4-3-5-7-17/h3-7,16,18H,8-15H2,1-2H3. The third kappa shape index (κ3) is 4.21. The van der Waals surface area contributed by atoms with Crippen LogP contribution in [0.3, 0.4) is 0 Å². The molecule has 2 heterocycles. The molecule has 2 aliphatic heterocycles. The summed E-state index contributed by atoms with van der Waals surface area (Å²) in [5.41, 5.74) is 0.743. The zero-order valence-electron chi connectivity index (χ0n) is 15.4. The Morgan fingerprint density at radius 3 is 2.40 bits per heavy atom. The van der Waals surface area contributed by atoms with Crippen LogP contribution in [-0.2, 0) is 4.79 Å². The molecule has 1 aromatic rings. The Morgan fingerprint density at radius 1 is 1.08 bits per heavy atom. The highest BCUT2D eigenvalue weighted by Gasteiger charge is 2.37. The van der Waals surface area contributed by atoms with E-state index in [1.165, 1.54) is 0 Å². The summed E-state index contributed by atoms with van der Waals surface area (Å²) in [4.78, 5) is 31.4. The Labute approximate surface area is 150 Å². The van der Waals surface area contributed by atoms with Gasteiger partial charge in [0.25, 0.3) is 5.91 Å². The van der Waals surface area contributed by atoms with E-state index in [4.69, 9.17) is 0 Å². The molecule has 1 unspecified atom stereocenters. The quantitative estimate of drug-likeness (QED) is 0.822. The summed E-state index contributed by atoms with van der Waals surface area (Å²) in [6.45, 7) is 9.11. The lowest BCUT2D eigenvalue weighted by Crippen LogP contribution is -2.53. The average Bonchev–Trinajstić information content (AvgIpc) is 3.01. The minimum Gasteiger partial charge on any atom is -0.341 e. The number of rotatable bonds is 5. The third-order valence-corrected chi connectivity index (χ3v) is 5.31. The number of nitrogens with zero attached hydrogens (tertiary/aromatic N) is 3. The van der Waals surface area contributed by atoms with E-state index >= 15 is 0 Å². The average molecular weight is 343 g/mol. The second-order valence-corrected chi connectivity index (χ2v) is 7.51. The highest BCUT2D eigenvalue weighted by Crippen LogP contribution is 2.20. The fraction of sp³-hybridized carbons (Fsp3) is 0.600. The van der Waals surface area contributed by atoms with E-state index < -0.39 is 0 Å². The number of carbonyl (C=O) groups excluding carboxylic acids is 2. The minimum atomic E-state index is 0.0149. The molecule has 0 bridgehead atoms. The van der Waals surface area contributed by atoms with Gasteiger partial charge in [-0.2, -0.15) is 0 Å². The minimum absolute atomic E-state index is 0.0149. The monoisotopic (exact) mass is 343 g/mol. The predicted molar refractivity (Wildman–Crippen MR) is 98.4 cm³/mol. The number of hydrogen-bond donors (Lipinski definition) is 0. The molecule has 0 N–H and O–H groups in total. The first-order valence-electron chi connectivity index (χ1n) is 9.43. The van der Waals surface area contributed by atoms with Crippen molar-refractivity contribution in [3.05, 3.63) is 35.9 Å². The Kier molecular flexibility index (Phi) is 5.74. The lowest BCUT2D eigenvalue weighted by molar-refractivity contribution is -0.132. The summed E-state index contributed by atoms with van der Waals surface area (Å²) < 4.78 is 0. The zero-order chi connectivity index (χ0) is 17.8. The summed E-state index contributed by atoms with van der Waals surface area (Å²) >= 11 is 0. The molecule has 2 saturated heterocycles. The largest absolute Gasteiger partial charge is 0.341 e. The normalized spacial score (nSPS) is 22.0. The fourth-order valence-electron chi connectivity index (χ4n) is 3.70. The van der Waals surface area contributed by atoms with Crippen molar-refractivity contribution in [2.24, 2.45) is 5.92 Å². The van der Waals surface area contributed by atoms with E-state index in [-0.39, 0.29) is 17.9 Å². The Hall–Kier alpha value is -1.88. The van der Waals surface area contributed by atoms with Gasteiger partial charge in [-0.1, -0.05) is 32.0 Å². The van der Waals surface area contributed by atoms with E-state index in [2.05, 4.69) is 18.7 Å². The molecule has 1 aromatic carbocycles. The summed E-state index contributed by atoms with van der Waals surface area (Å²) in [6, 6.07) is 9.45. The van der Waals surface area contributed by atoms with Crippen LogP contribution in [0.2, 0.25) is 0 Å². The van der Waals surface area contributed by atoms with Crippen LogP contribution in [-0.4, -0.2) is 71.8 Å². The van der Waals surface area contributed by atoms with Gasteiger partial charge in [-0.25, -0.2) is 0 Å². The SMILES string of the molecule is CC(C)CCN1CCC(N2CCN(C(=O)c3ccccc3)CC2)C1=O. The first-order chi connectivity index (χ1) is 12.1. The van der Waals surface area contributed by atoms with Crippen molar-refractivity contribution in [2.75, 3.05) is 39.3 Å². The lowest BCUT2D eigenvalue weighted by atomic mass is 10.1. The van der Waals surface area contributed by atoms with E-state index in [9.17, 15) is 9.59 Å². The number of piperazine rings is 1. The van der Waals surface area contributed by atoms with Crippen LogP contribution in [0.4, 0.5) is 0 Å². The molecule has 2 aliphatic rings. The van der Waals surface area contributed by atoms with Gasteiger partial charge in [0.1, 0.15) is 0 Å². The van der Waals surface area contributed by atoms with Crippen LogP contribution in [0.5, 0.6) is 0 Å². The van der Waals surface area contributed by atoms with Crippen molar-refractivity contribution in [3.63, 3.8) is 0 Å². The van der Waals surface area contributed by atoms with Crippen LogP contribution >= 0.6 is 0 Å². The van der Waals surface area contributed by atoms with Crippen LogP contribution in [0.25, 0.3) is 0 Å². The Morgan fingerprint density at radius 2 is 1.76 bits per heavy atom. The molecule has 0 spiro atoms. The van der Waals surface area contributed by atoms with Gasteiger partial charge in [0.15, 0.2) is 0 Å². The summed E-state index contributed by atoms with van der Waals surface area (Å²) in [6.07, 6.45) is 1.99. The molecule has 0 saturated carbocycles. The molecule has 2 amide bonds. The van der Waals surface area contributed by atoms with Gasteiger partial charge in [0.05, 0.1) is 6.04 Å². The molecular formula is C20H29N3O2. The maximum absolute atomic E-state index is 12.7. The van der Waals surface area contributed by atoms with Crippen LogP contribution in [0.15, 0.2) is 30.3 Å². The number of amides is 2. The van der Waals surface area contributed by atoms with Crippen molar-refractivity contribution in [1.29, 1.82) is 0 Å². The number of likely N-dealkylation sites (tertiary alicyclic amines) is 1. The van der Waals surface area contributed by atoms with Crippen molar-refractivity contribution < 1.29 is 9.59 Å². The highest BCUT2D eigenvalue weighted by atomic mass is 16.2. The van der Waals surface area contributed by atoms with Gasteiger partial charge in [-0.15, -0.1) is 0 Å². The third-order valence-electron chi connectivity index (χ3n) is 5.31. The highest BCUT2D eigenvalue weighted by molar-refractivity contribution is 5.94. The maximum atomic E-state index is 12.7. The molecule has 0 aliphatic carbocycles. The molecule has 3 rings (SSSR count). The maximum Gasteiger partial charge on any atom is 0.253 e. The smallest absolute Gasteiger partial charge is 0.253 e. The number of benzene rings is 1. The van der Waals surface area contributed by atoms with Gasteiger partial charge in [0.2, 0.25) is 5.91 Å². The molecule has 1 atom stereocenters. The van der Waals surface area contributed by atoms with E-state index in [1.807, 2.05) is 40.1 Å². The molecule has 0 radical (unpaired) electrons. The van der Waals surface area contributed by atoms with Crippen molar-refractivity contribution >= 4 is 11.8 Å². The molecule has 25 heavy (non-hydrogen) atoms. The van der Waals surface area contributed by atoms with E-state index in [0.717, 1.165) is 44.6 Å². The van der Waals surface area contributed by atoms with E-state index in [0.29, 0.717) is 19.0 Å². The first-order valence-corrected chi connectivity index (χ1v) is 9.43. The molecule has 5 heteroatoms. The summed E-state index contributed by atoms with van der Waals surface area (Å²) in [7, 11) is 0. The second kappa shape index (κ2) is 8.00.